The number of fused-ring (bicyclic) bond motifs is 1. The van der Waals surface area contributed by atoms with E-state index in [0.29, 0.717) is 16.5 Å². The second-order valence-electron chi connectivity index (χ2n) is 7.65. The largest absolute Gasteiger partial charge is 0.324 e. The number of nitrogens with zero attached hydrogens (tertiary/aromatic N) is 3. The third kappa shape index (κ3) is 4.74. The van der Waals surface area contributed by atoms with Crippen LogP contribution in [0, 0.1) is 5.82 Å². The maximum absolute atomic E-state index is 13.1. The van der Waals surface area contributed by atoms with E-state index in [0.717, 1.165) is 16.8 Å². The smallest absolute Gasteiger partial charge is 0.250 e. The van der Waals surface area contributed by atoms with Crippen LogP contribution in [0.3, 0.4) is 0 Å². The number of rotatable bonds is 5. The third-order valence-corrected chi connectivity index (χ3v) is 5.55. The lowest BCUT2D eigenvalue weighted by Crippen LogP contribution is -2.20. The molecule has 1 aromatic heterocycles. The van der Waals surface area contributed by atoms with E-state index in [9.17, 15) is 9.18 Å². The molecule has 6 nitrogen and oxygen atoms in total. The number of hydrogen-bond acceptors (Lipinski definition) is 4. The van der Waals surface area contributed by atoms with Crippen LogP contribution in [0.4, 0.5) is 16.3 Å². The van der Waals surface area contributed by atoms with Crippen molar-refractivity contribution in [1.29, 1.82) is 0 Å². The zero-order chi connectivity index (χ0) is 23.5. The topological polar surface area (TPSA) is 71.8 Å². The summed E-state index contributed by atoms with van der Waals surface area (Å²) >= 11 is 6.08. The summed E-state index contributed by atoms with van der Waals surface area (Å²) in [7, 11) is 0. The molecule has 4 aromatic rings. The van der Waals surface area contributed by atoms with Crippen LogP contribution in [0.2, 0.25) is 5.02 Å². The second-order valence-corrected chi connectivity index (χ2v) is 8.08. The van der Waals surface area contributed by atoms with Gasteiger partial charge in [-0.25, -0.2) is 9.07 Å². The van der Waals surface area contributed by atoms with Gasteiger partial charge in [-0.05, 0) is 53.1 Å². The Kier molecular flexibility index (Phi) is 5.93. The lowest BCUT2D eigenvalue weighted by Gasteiger charge is -2.24. The Labute approximate surface area is 200 Å². The first-order valence-corrected chi connectivity index (χ1v) is 10.9. The summed E-state index contributed by atoms with van der Waals surface area (Å²) in [6.45, 7) is 0. The minimum Gasteiger partial charge on any atom is -0.324 e. The van der Waals surface area contributed by atoms with Gasteiger partial charge >= 0.3 is 0 Å². The van der Waals surface area contributed by atoms with Gasteiger partial charge in [-0.1, -0.05) is 66.2 Å². The van der Waals surface area contributed by atoms with Crippen molar-refractivity contribution < 1.29 is 9.18 Å². The van der Waals surface area contributed by atoms with Crippen molar-refractivity contribution in [2.75, 3.05) is 10.6 Å². The molecule has 34 heavy (non-hydrogen) atoms. The summed E-state index contributed by atoms with van der Waals surface area (Å²) in [4.78, 5) is 16.9. The molecule has 168 valence electrons. The van der Waals surface area contributed by atoms with Crippen molar-refractivity contribution in [2.24, 2.45) is 0 Å². The summed E-state index contributed by atoms with van der Waals surface area (Å²) in [6.07, 6.45) is 5.00. The number of carbonyl (C=O) groups excluding carboxylic acids is 1. The first-order valence-electron chi connectivity index (χ1n) is 10.6. The van der Waals surface area contributed by atoms with Gasteiger partial charge in [0.25, 0.3) is 11.9 Å². The minimum atomic E-state index is -0.397. The highest BCUT2D eigenvalue weighted by Gasteiger charge is 2.25. The molecule has 8 heteroatoms. The molecule has 0 aliphatic carbocycles. The first kappa shape index (κ1) is 21.6. The Morgan fingerprint density at radius 3 is 2.50 bits per heavy atom. The van der Waals surface area contributed by atoms with E-state index in [2.05, 4.69) is 26.8 Å². The quantitative estimate of drug-likeness (QED) is 0.362. The number of carbonyl (C=O) groups is 1. The number of amides is 1. The van der Waals surface area contributed by atoms with Crippen molar-refractivity contribution in [3.05, 3.63) is 119 Å². The number of aromatic nitrogens is 3. The molecule has 0 fully saturated rings. The Morgan fingerprint density at radius 2 is 1.76 bits per heavy atom. The lowest BCUT2D eigenvalue weighted by atomic mass is 10.0. The maximum atomic E-state index is 13.1. The van der Waals surface area contributed by atoms with Crippen molar-refractivity contribution >= 4 is 41.2 Å². The van der Waals surface area contributed by atoms with Gasteiger partial charge in [-0.2, -0.15) is 4.98 Å². The Hall–Kier alpha value is -4.23. The molecular formula is C26H19ClFN5O. The number of benzene rings is 3. The standard InChI is InChI=1S/C26H19ClFN5O/c27-20-11-9-19(10-12-20)23-16-22(18-4-2-1-3-5-18)29-26-31-25(32-33(23)26)30-24(34)15-8-17-6-13-21(28)14-7-17/h1-16,23H,(H2,29,30,31,32,34)/b15-8+/t23-/m1/s1. The van der Waals surface area contributed by atoms with E-state index in [4.69, 9.17) is 11.6 Å². The molecule has 1 aliphatic rings. The normalized spacial score (nSPS) is 14.9. The molecule has 2 N–H and O–H groups in total. The summed E-state index contributed by atoms with van der Waals surface area (Å²) in [5.74, 6) is -0.0655. The molecule has 1 aliphatic heterocycles. The fourth-order valence-electron chi connectivity index (χ4n) is 3.63. The van der Waals surface area contributed by atoms with Crippen molar-refractivity contribution in [1.82, 2.24) is 14.8 Å². The average molecular weight is 472 g/mol. The van der Waals surface area contributed by atoms with E-state index in [1.807, 2.05) is 54.6 Å². The SMILES string of the molecule is O=C(/C=C/c1ccc(F)cc1)Nc1nc2n(n1)[C@@H](c1ccc(Cl)cc1)C=C(c1ccccc1)N2. The zero-order valence-electron chi connectivity index (χ0n) is 17.8. The van der Waals surface area contributed by atoms with E-state index >= 15 is 0 Å². The van der Waals surface area contributed by atoms with Crippen LogP contribution in [0.25, 0.3) is 11.8 Å². The van der Waals surface area contributed by atoms with Gasteiger partial charge < -0.3 is 5.32 Å². The molecule has 1 atom stereocenters. The van der Waals surface area contributed by atoms with E-state index < -0.39 is 5.91 Å². The summed E-state index contributed by atoms with van der Waals surface area (Å²) < 4.78 is 14.8. The molecular weight excluding hydrogens is 453 g/mol. The molecule has 0 bridgehead atoms. The number of hydrogen-bond donors (Lipinski definition) is 2. The van der Waals surface area contributed by atoms with Gasteiger partial charge in [0.1, 0.15) is 11.9 Å². The lowest BCUT2D eigenvalue weighted by molar-refractivity contribution is -0.111. The van der Waals surface area contributed by atoms with Gasteiger partial charge in [-0.3, -0.25) is 10.1 Å². The number of nitrogens with one attached hydrogen (secondary N) is 2. The molecule has 0 saturated carbocycles. The summed E-state index contributed by atoms with van der Waals surface area (Å²) in [5.41, 5.74) is 3.56. The monoisotopic (exact) mass is 471 g/mol. The van der Waals surface area contributed by atoms with E-state index in [1.165, 1.54) is 18.2 Å². The van der Waals surface area contributed by atoms with Crippen LogP contribution in [0.5, 0.6) is 0 Å². The van der Waals surface area contributed by atoms with Crippen LogP contribution in [-0.2, 0) is 4.79 Å². The molecule has 1 amide bonds. The highest BCUT2D eigenvalue weighted by Crippen LogP contribution is 2.33. The van der Waals surface area contributed by atoms with Crippen molar-refractivity contribution in [3.63, 3.8) is 0 Å². The van der Waals surface area contributed by atoms with Gasteiger partial charge in [-0.15, -0.1) is 5.10 Å². The van der Waals surface area contributed by atoms with Crippen molar-refractivity contribution in [3.8, 4) is 0 Å². The molecule has 0 radical (unpaired) electrons. The highest BCUT2D eigenvalue weighted by molar-refractivity contribution is 6.30. The van der Waals surface area contributed by atoms with Gasteiger partial charge in [0.15, 0.2) is 0 Å². The van der Waals surface area contributed by atoms with E-state index in [1.54, 1.807) is 22.9 Å². The molecule has 0 spiro atoms. The fraction of sp³-hybridized carbons (Fsp3) is 0.0385. The van der Waals surface area contributed by atoms with Crippen LogP contribution < -0.4 is 10.6 Å². The van der Waals surface area contributed by atoms with Crippen LogP contribution in [0.1, 0.15) is 22.7 Å². The Morgan fingerprint density at radius 1 is 1.03 bits per heavy atom. The number of anilines is 2. The maximum Gasteiger partial charge on any atom is 0.250 e. The minimum absolute atomic E-state index is 0.165. The second kappa shape index (κ2) is 9.33. The van der Waals surface area contributed by atoms with Crippen LogP contribution in [-0.4, -0.2) is 20.7 Å². The predicted octanol–water partition coefficient (Wildman–Crippen LogP) is 5.78. The molecule has 5 rings (SSSR count). The molecule has 0 saturated heterocycles. The first-order chi connectivity index (χ1) is 16.5. The average Bonchev–Trinajstić information content (AvgIpc) is 3.26. The van der Waals surface area contributed by atoms with Crippen molar-refractivity contribution in [2.45, 2.75) is 6.04 Å². The predicted molar refractivity (Wildman–Crippen MR) is 132 cm³/mol. The summed E-state index contributed by atoms with van der Waals surface area (Å²) in [6, 6.07) is 23.0. The Bertz CT molecular complexity index is 1380. The van der Waals surface area contributed by atoms with Crippen LogP contribution >= 0.6 is 11.6 Å². The van der Waals surface area contributed by atoms with E-state index in [-0.39, 0.29) is 17.8 Å². The van der Waals surface area contributed by atoms with Crippen LogP contribution in [0.15, 0.2) is 91.0 Å². The number of allylic oxidation sites excluding steroid dienone is 1. The fourth-order valence-corrected chi connectivity index (χ4v) is 3.75. The molecule has 2 heterocycles. The van der Waals surface area contributed by atoms with Gasteiger partial charge in [0.2, 0.25) is 5.95 Å². The summed E-state index contributed by atoms with van der Waals surface area (Å²) in [5, 5.41) is 11.1. The Balaban J connectivity index is 1.42. The highest BCUT2D eigenvalue weighted by atomic mass is 35.5. The van der Waals surface area contributed by atoms with Gasteiger partial charge in [0, 0.05) is 16.8 Å². The zero-order valence-corrected chi connectivity index (χ0v) is 18.6. The third-order valence-electron chi connectivity index (χ3n) is 5.29. The van der Waals surface area contributed by atoms with Gasteiger partial charge in [0.05, 0.1) is 0 Å². The number of halogens is 2. The molecule has 0 unspecified atom stereocenters. The molecule has 3 aromatic carbocycles.